The molecule has 0 fully saturated rings. The monoisotopic (exact) mass is 419 g/mol. The Kier molecular flexibility index (Phi) is 5.39. The minimum absolute atomic E-state index is 0.149. The average Bonchev–Trinajstić information content (AvgIpc) is 3.12. The Balaban J connectivity index is 1.78. The molecular formula is C23H25N5OS. The smallest absolute Gasteiger partial charge is 0.255 e. The lowest BCUT2D eigenvalue weighted by Crippen LogP contribution is -2.31. The van der Waals surface area contributed by atoms with Crippen LogP contribution in [-0.2, 0) is 4.79 Å². The maximum atomic E-state index is 13.5. The molecule has 4 rings (SSSR count). The summed E-state index contributed by atoms with van der Waals surface area (Å²) in [4.78, 5) is 18.0. The van der Waals surface area contributed by atoms with Gasteiger partial charge < -0.3 is 10.6 Å². The minimum atomic E-state index is -0.360. The number of carbonyl (C=O) groups is 1. The predicted molar refractivity (Wildman–Crippen MR) is 122 cm³/mol. The normalized spacial score (nSPS) is 15.6. The van der Waals surface area contributed by atoms with E-state index >= 15 is 0 Å². The fraction of sp³-hybridized carbons (Fsp3) is 0.261. The highest BCUT2D eigenvalue weighted by Crippen LogP contribution is 2.36. The van der Waals surface area contributed by atoms with Gasteiger partial charge in [0.2, 0.25) is 11.1 Å². The van der Waals surface area contributed by atoms with Crippen molar-refractivity contribution in [2.75, 3.05) is 16.9 Å². The Morgan fingerprint density at radius 3 is 2.43 bits per heavy atom. The van der Waals surface area contributed by atoms with E-state index in [1.54, 1.807) is 4.68 Å². The van der Waals surface area contributed by atoms with Crippen molar-refractivity contribution in [2.24, 2.45) is 0 Å². The second kappa shape index (κ2) is 7.99. The zero-order valence-corrected chi connectivity index (χ0v) is 18.6. The van der Waals surface area contributed by atoms with Crippen LogP contribution in [0.2, 0.25) is 0 Å². The second-order valence-electron chi connectivity index (χ2n) is 7.62. The van der Waals surface area contributed by atoms with Crippen LogP contribution in [0.5, 0.6) is 0 Å². The lowest BCUT2D eigenvalue weighted by Gasteiger charge is -2.29. The Hall–Kier alpha value is -3.06. The van der Waals surface area contributed by atoms with Gasteiger partial charge in [-0.3, -0.25) is 4.79 Å². The van der Waals surface area contributed by atoms with Gasteiger partial charge in [0.25, 0.3) is 5.91 Å². The molecule has 1 amide bonds. The molecule has 6 nitrogen and oxygen atoms in total. The Morgan fingerprint density at radius 1 is 1.07 bits per heavy atom. The van der Waals surface area contributed by atoms with E-state index in [0.29, 0.717) is 16.7 Å². The molecule has 1 aliphatic heterocycles. The number of hydrogen-bond acceptors (Lipinski definition) is 5. The molecule has 7 heteroatoms. The van der Waals surface area contributed by atoms with Gasteiger partial charge in [0.15, 0.2) is 0 Å². The number of allylic oxidation sites excluding steroid dienone is 1. The summed E-state index contributed by atoms with van der Waals surface area (Å²) >= 11 is 1.48. The molecule has 0 radical (unpaired) electrons. The van der Waals surface area contributed by atoms with Crippen LogP contribution in [0.15, 0.2) is 58.9 Å². The van der Waals surface area contributed by atoms with E-state index in [2.05, 4.69) is 38.9 Å². The number of benzene rings is 2. The van der Waals surface area contributed by atoms with E-state index in [1.807, 2.05) is 58.2 Å². The standard InChI is InChI=1S/C23H25N5OS/c1-13-6-9-17(10-7-13)20-19(16(4)24-22-26-23(30-5)27-28(20)22)21(29)25-18-11-8-14(2)12-15(18)3/h6-12,20H,1-5H3,(H,25,29)(H,24,26,27). The molecule has 2 aromatic carbocycles. The van der Waals surface area contributed by atoms with Crippen LogP contribution in [0.25, 0.3) is 0 Å². The van der Waals surface area contributed by atoms with Crippen molar-refractivity contribution in [2.45, 2.75) is 38.9 Å². The van der Waals surface area contributed by atoms with Crippen LogP contribution in [0.3, 0.4) is 0 Å². The number of amides is 1. The second-order valence-corrected chi connectivity index (χ2v) is 8.39. The third kappa shape index (κ3) is 3.73. The summed E-state index contributed by atoms with van der Waals surface area (Å²) in [6.45, 7) is 8.00. The third-order valence-electron chi connectivity index (χ3n) is 5.28. The van der Waals surface area contributed by atoms with Gasteiger partial charge in [-0.25, -0.2) is 4.68 Å². The number of anilines is 2. The first-order valence-corrected chi connectivity index (χ1v) is 11.0. The van der Waals surface area contributed by atoms with E-state index < -0.39 is 0 Å². The largest absolute Gasteiger partial charge is 0.328 e. The van der Waals surface area contributed by atoms with Crippen molar-refractivity contribution >= 4 is 29.3 Å². The molecule has 2 heterocycles. The molecule has 0 saturated heterocycles. The van der Waals surface area contributed by atoms with Gasteiger partial charge in [0.1, 0.15) is 6.04 Å². The number of nitrogens with zero attached hydrogens (tertiary/aromatic N) is 3. The summed E-state index contributed by atoms with van der Waals surface area (Å²) in [6.07, 6.45) is 1.94. The summed E-state index contributed by atoms with van der Waals surface area (Å²) < 4.78 is 1.81. The van der Waals surface area contributed by atoms with Crippen molar-refractivity contribution in [3.63, 3.8) is 0 Å². The summed E-state index contributed by atoms with van der Waals surface area (Å²) in [5.74, 6) is 0.495. The molecule has 1 unspecified atom stereocenters. The molecule has 1 aliphatic rings. The van der Waals surface area contributed by atoms with Gasteiger partial charge in [-0.2, -0.15) is 4.98 Å². The highest BCUT2D eigenvalue weighted by atomic mass is 32.2. The predicted octanol–water partition coefficient (Wildman–Crippen LogP) is 4.85. The molecule has 1 aromatic heterocycles. The number of nitrogens with one attached hydrogen (secondary N) is 2. The number of rotatable bonds is 4. The van der Waals surface area contributed by atoms with Gasteiger partial charge in [-0.1, -0.05) is 59.3 Å². The Bertz CT molecular complexity index is 1150. The van der Waals surface area contributed by atoms with Crippen molar-refractivity contribution < 1.29 is 4.79 Å². The highest BCUT2D eigenvalue weighted by molar-refractivity contribution is 7.98. The molecule has 0 saturated carbocycles. The number of aromatic nitrogens is 3. The van der Waals surface area contributed by atoms with Gasteiger partial charge in [0.05, 0.1) is 5.57 Å². The van der Waals surface area contributed by atoms with E-state index in [1.165, 1.54) is 17.3 Å². The number of hydrogen-bond donors (Lipinski definition) is 2. The van der Waals surface area contributed by atoms with Crippen LogP contribution in [0.4, 0.5) is 11.6 Å². The van der Waals surface area contributed by atoms with E-state index in [4.69, 9.17) is 0 Å². The molecule has 154 valence electrons. The molecule has 30 heavy (non-hydrogen) atoms. The lowest BCUT2D eigenvalue weighted by atomic mass is 9.94. The number of carbonyl (C=O) groups excluding carboxylic acids is 1. The summed E-state index contributed by atoms with van der Waals surface area (Å²) in [5.41, 5.74) is 6.56. The van der Waals surface area contributed by atoms with Crippen molar-refractivity contribution in [1.82, 2.24) is 14.8 Å². The zero-order chi connectivity index (χ0) is 21.4. The molecule has 1 atom stereocenters. The first-order valence-electron chi connectivity index (χ1n) is 9.81. The number of aryl methyl sites for hydroxylation is 3. The van der Waals surface area contributed by atoms with Crippen LogP contribution < -0.4 is 10.6 Å². The number of fused-ring (bicyclic) bond motifs is 1. The van der Waals surface area contributed by atoms with Crippen molar-refractivity contribution in [3.8, 4) is 0 Å². The highest BCUT2D eigenvalue weighted by Gasteiger charge is 2.34. The van der Waals surface area contributed by atoms with Gasteiger partial charge >= 0.3 is 0 Å². The molecular weight excluding hydrogens is 394 g/mol. The maximum Gasteiger partial charge on any atom is 0.255 e. The van der Waals surface area contributed by atoms with Crippen molar-refractivity contribution in [1.29, 1.82) is 0 Å². The van der Waals surface area contributed by atoms with E-state index in [0.717, 1.165) is 28.1 Å². The minimum Gasteiger partial charge on any atom is -0.328 e. The zero-order valence-electron chi connectivity index (χ0n) is 17.8. The molecule has 3 aromatic rings. The lowest BCUT2D eigenvalue weighted by molar-refractivity contribution is -0.113. The summed E-state index contributed by atoms with van der Waals surface area (Å²) in [5, 5.41) is 11.7. The van der Waals surface area contributed by atoms with Gasteiger partial charge in [-0.05, 0) is 51.1 Å². The topological polar surface area (TPSA) is 71.8 Å². The van der Waals surface area contributed by atoms with Crippen molar-refractivity contribution in [3.05, 3.63) is 76.0 Å². The van der Waals surface area contributed by atoms with E-state index in [-0.39, 0.29) is 11.9 Å². The third-order valence-corrected chi connectivity index (χ3v) is 5.82. The number of thioether (sulfide) groups is 1. The molecule has 2 N–H and O–H groups in total. The van der Waals surface area contributed by atoms with Crippen LogP contribution >= 0.6 is 11.8 Å². The Morgan fingerprint density at radius 2 is 1.77 bits per heavy atom. The fourth-order valence-corrected chi connectivity index (χ4v) is 4.06. The molecule has 0 bridgehead atoms. The van der Waals surface area contributed by atoms with Crippen LogP contribution in [-0.4, -0.2) is 26.9 Å². The first kappa shape index (κ1) is 20.2. The van der Waals surface area contributed by atoms with Crippen LogP contribution in [0, 0.1) is 20.8 Å². The summed E-state index contributed by atoms with van der Waals surface area (Å²) in [7, 11) is 0. The SMILES string of the molecule is CSc1nc2n(n1)C(c1ccc(C)cc1)C(C(=O)Nc1ccc(C)cc1C)=C(C)N2. The fourth-order valence-electron chi connectivity index (χ4n) is 3.71. The molecule has 0 spiro atoms. The van der Waals surface area contributed by atoms with Gasteiger partial charge in [-0.15, -0.1) is 5.10 Å². The average molecular weight is 420 g/mol. The van der Waals surface area contributed by atoms with Crippen LogP contribution in [0.1, 0.15) is 35.2 Å². The first-order chi connectivity index (χ1) is 14.4. The quantitative estimate of drug-likeness (QED) is 0.591. The maximum absolute atomic E-state index is 13.5. The van der Waals surface area contributed by atoms with E-state index in [9.17, 15) is 4.79 Å². The molecule has 0 aliphatic carbocycles. The Labute approximate surface area is 180 Å². The van der Waals surface area contributed by atoms with Gasteiger partial charge in [0, 0.05) is 11.4 Å². The summed E-state index contributed by atoms with van der Waals surface area (Å²) in [6, 6.07) is 13.9.